The molecule has 0 N–H and O–H groups in total. The molecule has 0 aromatic carbocycles. The fourth-order valence-electron chi connectivity index (χ4n) is 6.32. The number of carbonyl (C=O) groups is 1. The van der Waals surface area contributed by atoms with Crippen LogP contribution in [-0.2, 0) is 9.53 Å². The Hall–Kier alpha value is -0.570. The van der Waals surface area contributed by atoms with E-state index in [4.69, 9.17) is 4.74 Å². The number of nitrogens with zero attached hydrogens (tertiary/aromatic N) is 1. The molecule has 0 amide bonds. The molecule has 0 radical (unpaired) electrons. The molecule has 2 bridgehead atoms. The molecule has 2 aliphatic heterocycles. The molecular formula is C16H25NO2. The number of likely N-dealkylation sites (tertiary alicyclic amines) is 1. The molecule has 0 unspecified atom stereocenters. The molecule has 19 heavy (non-hydrogen) atoms. The summed E-state index contributed by atoms with van der Waals surface area (Å²) < 4.78 is 5.88. The van der Waals surface area contributed by atoms with Crippen molar-refractivity contribution in [2.45, 2.75) is 45.8 Å². The lowest BCUT2D eigenvalue weighted by Gasteiger charge is -2.49. The maximum atomic E-state index is 12.4. The smallest absolute Gasteiger partial charge is 0.310 e. The average molecular weight is 263 g/mol. The van der Waals surface area contributed by atoms with Gasteiger partial charge in [0.1, 0.15) is 6.10 Å². The lowest BCUT2D eigenvalue weighted by Crippen LogP contribution is -2.57. The molecule has 0 aromatic rings. The normalized spacial score (nSPS) is 55.7. The Morgan fingerprint density at radius 1 is 1.37 bits per heavy atom. The molecule has 3 nitrogen and oxygen atoms in total. The van der Waals surface area contributed by atoms with Gasteiger partial charge in [-0.25, -0.2) is 0 Å². The van der Waals surface area contributed by atoms with Gasteiger partial charge in [0.05, 0.1) is 12.0 Å². The molecule has 2 aliphatic carbocycles. The molecule has 7 atom stereocenters. The first-order valence-electron chi connectivity index (χ1n) is 7.87. The molecule has 2 saturated carbocycles. The summed E-state index contributed by atoms with van der Waals surface area (Å²) in [4.78, 5) is 14.9. The van der Waals surface area contributed by atoms with E-state index in [1.807, 2.05) is 0 Å². The second kappa shape index (κ2) is 3.55. The van der Waals surface area contributed by atoms with Crippen molar-refractivity contribution in [3.63, 3.8) is 0 Å². The van der Waals surface area contributed by atoms with Crippen molar-refractivity contribution in [1.29, 1.82) is 0 Å². The van der Waals surface area contributed by atoms with E-state index in [0.717, 1.165) is 5.92 Å². The van der Waals surface area contributed by atoms with Gasteiger partial charge in [-0.15, -0.1) is 0 Å². The van der Waals surface area contributed by atoms with E-state index in [0.29, 0.717) is 29.2 Å². The number of hydrogen-bond acceptors (Lipinski definition) is 3. The van der Waals surface area contributed by atoms with Gasteiger partial charge < -0.3 is 4.74 Å². The fraction of sp³-hybridized carbons (Fsp3) is 0.938. The highest BCUT2D eigenvalue weighted by atomic mass is 16.6. The van der Waals surface area contributed by atoms with E-state index in [2.05, 4.69) is 32.7 Å². The third-order valence-electron chi connectivity index (χ3n) is 6.96. The van der Waals surface area contributed by atoms with Crippen molar-refractivity contribution in [3.8, 4) is 0 Å². The monoisotopic (exact) mass is 263 g/mol. The van der Waals surface area contributed by atoms with Crippen LogP contribution in [0, 0.1) is 35.0 Å². The molecule has 4 aliphatic rings. The first-order chi connectivity index (χ1) is 8.96. The number of rotatable bonds is 1. The van der Waals surface area contributed by atoms with E-state index in [1.54, 1.807) is 0 Å². The molecule has 0 spiro atoms. The summed E-state index contributed by atoms with van der Waals surface area (Å²) in [6.45, 7) is 8.17. The van der Waals surface area contributed by atoms with Crippen molar-refractivity contribution < 1.29 is 9.53 Å². The first-order valence-corrected chi connectivity index (χ1v) is 7.87. The van der Waals surface area contributed by atoms with Gasteiger partial charge in [0.2, 0.25) is 0 Å². The number of fused-ring (bicyclic) bond motifs is 4. The summed E-state index contributed by atoms with van der Waals surface area (Å²) >= 11 is 0. The molecular weight excluding hydrogens is 238 g/mol. The van der Waals surface area contributed by atoms with Gasteiger partial charge in [-0.05, 0) is 43.1 Å². The minimum atomic E-state index is 0.110. The molecule has 4 rings (SSSR count). The average Bonchev–Trinajstić information content (AvgIpc) is 2.86. The summed E-state index contributed by atoms with van der Waals surface area (Å²) in [6.07, 6.45) is 2.69. The Labute approximate surface area is 115 Å². The van der Waals surface area contributed by atoms with Gasteiger partial charge in [0.25, 0.3) is 0 Å². The first kappa shape index (κ1) is 12.2. The van der Waals surface area contributed by atoms with Crippen LogP contribution in [-0.4, -0.2) is 36.6 Å². The predicted molar refractivity (Wildman–Crippen MR) is 72.4 cm³/mol. The lowest BCUT2D eigenvalue weighted by atomic mass is 9.55. The molecule has 106 valence electrons. The minimum absolute atomic E-state index is 0.110. The third kappa shape index (κ3) is 1.22. The van der Waals surface area contributed by atoms with Crippen molar-refractivity contribution in [2.24, 2.45) is 35.0 Å². The topological polar surface area (TPSA) is 29.5 Å². The van der Waals surface area contributed by atoms with Crippen LogP contribution in [0.25, 0.3) is 0 Å². The highest BCUT2D eigenvalue weighted by Crippen LogP contribution is 2.66. The van der Waals surface area contributed by atoms with Crippen LogP contribution < -0.4 is 0 Å². The zero-order valence-electron chi connectivity index (χ0n) is 12.4. The summed E-state index contributed by atoms with van der Waals surface area (Å²) in [5, 5.41) is 0. The standard InChI is InChI=1S/C16H25NO2/c1-8(2)11-12-10-6-5-9-7-17(4)14(16(9,10)3)13(11)19-15(12)18/h8-14H,5-7H2,1-4H3/t9-,10+,11+,12-,13-,14-,16+/m0/s1. The third-order valence-corrected chi connectivity index (χ3v) is 6.96. The zero-order valence-corrected chi connectivity index (χ0v) is 12.4. The Bertz CT molecular complexity index is 434. The summed E-state index contributed by atoms with van der Waals surface area (Å²) in [7, 11) is 2.23. The molecule has 0 aromatic heterocycles. The summed E-state index contributed by atoms with van der Waals surface area (Å²) in [5.74, 6) is 2.61. The second-order valence-corrected chi connectivity index (χ2v) is 7.88. The minimum Gasteiger partial charge on any atom is -0.460 e. The Balaban J connectivity index is 1.85. The zero-order chi connectivity index (χ0) is 13.5. The van der Waals surface area contributed by atoms with Crippen LogP contribution in [0.4, 0.5) is 0 Å². The highest BCUT2D eigenvalue weighted by Gasteiger charge is 2.71. The largest absolute Gasteiger partial charge is 0.460 e. The van der Waals surface area contributed by atoms with Crippen LogP contribution in [0.5, 0.6) is 0 Å². The van der Waals surface area contributed by atoms with E-state index >= 15 is 0 Å². The number of likely N-dealkylation sites (N-methyl/N-ethyl adjacent to an activating group) is 1. The molecule has 2 heterocycles. The van der Waals surface area contributed by atoms with Crippen LogP contribution in [0.1, 0.15) is 33.6 Å². The summed E-state index contributed by atoms with van der Waals surface area (Å²) in [5.41, 5.74) is 0.321. The van der Waals surface area contributed by atoms with Crippen LogP contribution in [0.3, 0.4) is 0 Å². The van der Waals surface area contributed by atoms with E-state index < -0.39 is 0 Å². The molecule has 4 fully saturated rings. The van der Waals surface area contributed by atoms with E-state index in [9.17, 15) is 4.79 Å². The van der Waals surface area contributed by atoms with Gasteiger partial charge in [-0.2, -0.15) is 0 Å². The second-order valence-electron chi connectivity index (χ2n) is 7.88. The number of hydrogen-bond donors (Lipinski definition) is 0. The predicted octanol–water partition coefficient (Wildman–Crippen LogP) is 2.16. The van der Waals surface area contributed by atoms with Crippen LogP contribution in [0.2, 0.25) is 0 Å². The van der Waals surface area contributed by atoms with Crippen molar-refractivity contribution in [3.05, 3.63) is 0 Å². The van der Waals surface area contributed by atoms with Crippen molar-refractivity contribution in [1.82, 2.24) is 4.90 Å². The van der Waals surface area contributed by atoms with Crippen LogP contribution in [0.15, 0.2) is 0 Å². The van der Waals surface area contributed by atoms with Gasteiger partial charge >= 0.3 is 5.97 Å². The van der Waals surface area contributed by atoms with Gasteiger partial charge in [-0.1, -0.05) is 20.8 Å². The lowest BCUT2D eigenvalue weighted by molar-refractivity contribution is -0.145. The number of ether oxygens (including phenoxy) is 1. The molecule has 3 heteroatoms. The van der Waals surface area contributed by atoms with Crippen molar-refractivity contribution in [2.75, 3.05) is 13.6 Å². The van der Waals surface area contributed by atoms with Gasteiger partial charge in [0.15, 0.2) is 0 Å². The fourth-order valence-corrected chi connectivity index (χ4v) is 6.32. The summed E-state index contributed by atoms with van der Waals surface area (Å²) in [6, 6.07) is 0.458. The Morgan fingerprint density at radius 2 is 2.11 bits per heavy atom. The Morgan fingerprint density at radius 3 is 2.79 bits per heavy atom. The quantitative estimate of drug-likeness (QED) is 0.679. The van der Waals surface area contributed by atoms with E-state index in [1.165, 1.54) is 19.4 Å². The number of carbonyl (C=O) groups excluding carboxylic acids is 1. The maximum Gasteiger partial charge on any atom is 0.310 e. The highest BCUT2D eigenvalue weighted by molar-refractivity contribution is 5.77. The Kier molecular flexibility index (Phi) is 2.27. The molecule has 2 saturated heterocycles. The SMILES string of the molecule is CC(C)[C@H]1[C@@H]2OC(=O)[C@H]1[C@H]1CC[C@H]3CN(C)[C@@H]2[C@]31C. The maximum absolute atomic E-state index is 12.4. The van der Waals surface area contributed by atoms with Gasteiger partial charge in [0, 0.05) is 12.5 Å². The van der Waals surface area contributed by atoms with Crippen LogP contribution >= 0.6 is 0 Å². The number of esters is 1. The van der Waals surface area contributed by atoms with E-state index in [-0.39, 0.29) is 18.0 Å². The van der Waals surface area contributed by atoms with Gasteiger partial charge in [-0.3, -0.25) is 9.69 Å². The van der Waals surface area contributed by atoms with Crippen molar-refractivity contribution >= 4 is 5.97 Å².